The predicted molar refractivity (Wildman–Crippen MR) is 91.1 cm³/mol. The van der Waals surface area contributed by atoms with Crippen molar-refractivity contribution in [2.45, 2.75) is 12.8 Å². The number of hydrogen-bond donors (Lipinski definition) is 0. The Hall–Kier alpha value is -1.65. The molecule has 3 heterocycles. The number of amides is 1. The van der Waals surface area contributed by atoms with Gasteiger partial charge in [-0.05, 0) is 34.8 Å². The maximum Gasteiger partial charge on any atom is 0.236 e. The van der Waals surface area contributed by atoms with Crippen LogP contribution in [0.25, 0.3) is 0 Å². The van der Waals surface area contributed by atoms with Gasteiger partial charge in [0.05, 0.1) is 12.1 Å². The van der Waals surface area contributed by atoms with E-state index in [1.807, 2.05) is 4.90 Å². The van der Waals surface area contributed by atoms with Crippen molar-refractivity contribution < 1.29 is 4.79 Å². The van der Waals surface area contributed by atoms with Gasteiger partial charge in [0.15, 0.2) is 0 Å². The summed E-state index contributed by atoms with van der Waals surface area (Å²) < 4.78 is 0.813. The van der Waals surface area contributed by atoms with Crippen LogP contribution in [0.15, 0.2) is 16.7 Å². The lowest BCUT2D eigenvalue weighted by atomic mass is 10.2. The normalized spacial score (nSPS) is 19.0. The number of piperazine rings is 1. The zero-order valence-corrected chi connectivity index (χ0v) is 14.6. The van der Waals surface area contributed by atoms with Gasteiger partial charge in [-0.15, -0.1) is 0 Å². The van der Waals surface area contributed by atoms with Gasteiger partial charge in [0, 0.05) is 49.9 Å². The molecule has 0 saturated carbocycles. The van der Waals surface area contributed by atoms with Crippen molar-refractivity contribution in [3.63, 3.8) is 0 Å². The van der Waals surface area contributed by atoms with Gasteiger partial charge in [0.2, 0.25) is 5.91 Å². The summed E-state index contributed by atoms with van der Waals surface area (Å²) in [6.45, 7) is 5.55. The van der Waals surface area contributed by atoms with E-state index in [2.05, 4.69) is 36.8 Å². The minimum atomic E-state index is 0.246. The Kier molecular flexibility index (Phi) is 5.13. The molecule has 2 aliphatic heterocycles. The Balaban J connectivity index is 1.56. The number of hydrogen-bond acceptors (Lipinski definition) is 5. The lowest BCUT2D eigenvalue weighted by Gasteiger charge is -2.35. The Bertz CT molecular complexity index is 615. The molecule has 0 aliphatic carbocycles. The Morgan fingerprint density at radius 2 is 1.91 bits per heavy atom. The fourth-order valence-corrected chi connectivity index (χ4v) is 3.47. The number of nitrogens with zero attached hydrogens (tertiary/aromatic N) is 5. The maximum atomic E-state index is 12.2. The van der Waals surface area contributed by atoms with Crippen molar-refractivity contribution in [1.29, 1.82) is 5.26 Å². The van der Waals surface area contributed by atoms with Crippen molar-refractivity contribution in [1.82, 2.24) is 14.8 Å². The summed E-state index contributed by atoms with van der Waals surface area (Å²) in [6.07, 6.45) is 3.98. The highest BCUT2D eigenvalue weighted by Gasteiger charge is 2.24. The fourth-order valence-electron chi connectivity index (χ4n) is 3.14. The van der Waals surface area contributed by atoms with Crippen LogP contribution in [0.3, 0.4) is 0 Å². The second-order valence-corrected chi connectivity index (χ2v) is 6.90. The first-order chi connectivity index (χ1) is 11.2. The second kappa shape index (κ2) is 7.28. The molecular weight excluding hydrogens is 358 g/mol. The number of likely N-dealkylation sites (tertiary alicyclic amines) is 1. The second-order valence-electron chi connectivity index (χ2n) is 5.99. The maximum absolute atomic E-state index is 12.2. The molecule has 7 heteroatoms. The highest BCUT2D eigenvalue weighted by Crippen LogP contribution is 2.22. The Morgan fingerprint density at radius 1 is 1.22 bits per heavy atom. The number of halogens is 1. The molecular formula is C16H20BrN5O. The molecule has 1 amide bonds. The van der Waals surface area contributed by atoms with Gasteiger partial charge in [-0.25, -0.2) is 4.98 Å². The first-order valence-corrected chi connectivity index (χ1v) is 8.77. The van der Waals surface area contributed by atoms with E-state index in [0.29, 0.717) is 12.1 Å². The number of carbonyl (C=O) groups excluding carboxylic acids is 1. The van der Waals surface area contributed by atoms with Gasteiger partial charge in [0.1, 0.15) is 11.9 Å². The average molecular weight is 378 g/mol. The molecule has 0 atom stereocenters. The lowest BCUT2D eigenvalue weighted by Crippen LogP contribution is -2.50. The summed E-state index contributed by atoms with van der Waals surface area (Å²) in [5.41, 5.74) is 0.584. The van der Waals surface area contributed by atoms with E-state index in [1.165, 1.54) is 0 Å². The van der Waals surface area contributed by atoms with Crippen LogP contribution in [-0.2, 0) is 4.79 Å². The van der Waals surface area contributed by atoms with Crippen LogP contribution in [0, 0.1) is 11.3 Å². The average Bonchev–Trinajstić information content (AvgIpc) is 3.10. The first-order valence-electron chi connectivity index (χ1n) is 7.98. The smallest absolute Gasteiger partial charge is 0.236 e. The molecule has 0 unspecified atom stereocenters. The SMILES string of the molecule is N#Cc1cc(Br)cnc1N1CCN(CC(=O)N2CCCC2)CC1. The summed E-state index contributed by atoms with van der Waals surface area (Å²) in [5, 5.41) is 9.27. The van der Waals surface area contributed by atoms with E-state index in [9.17, 15) is 10.1 Å². The largest absolute Gasteiger partial charge is 0.353 e. The molecule has 1 aromatic heterocycles. The highest BCUT2D eigenvalue weighted by atomic mass is 79.9. The van der Waals surface area contributed by atoms with Crippen LogP contribution in [-0.4, -0.2) is 66.5 Å². The number of carbonyl (C=O) groups is 1. The summed E-state index contributed by atoms with van der Waals surface area (Å²) in [6, 6.07) is 4.00. The summed E-state index contributed by atoms with van der Waals surface area (Å²) >= 11 is 3.35. The molecule has 1 aromatic rings. The number of pyridine rings is 1. The van der Waals surface area contributed by atoms with Gasteiger partial charge in [0.25, 0.3) is 0 Å². The monoisotopic (exact) mass is 377 g/mol. The van der Waals surface area contributed by atoms with Crippen LogP contribution in [0.4, 0.5) is 5.82 Å². The zero-order chi connectivity index (χ0) is 16.2. The van der Waals surface area contributed by atoms with E-state index in [-0.39, 0.29) is 5.91 Å². The topological polar surface area (TPSA) is 63.5 Å². The standard InChI is InChI=1S/C16H20BrN5O/c17-14-9-13(10-18)16(19-11-14)22-7-5-20(6-8-22)12-15(23)21-3-1-2-4-21/h9,11H,1-8,12H2. The predicted octanol–water partition coefficient (Wildman–Crippen LogP) is 1.46. The van der Waals surface area contributed by atoms with E-state index < -0.39 is 0 Å². The van der Waals surface area contributed by atoms with Gasteiger partial charge in [-0.1, -0.05) is 0 Å². The van der Waals surface area contributed by atoms with Crippen molar-refractivity contribution in [3.05, 3.63) is 22.3 Å². The molecule has 122 valence electrons. The molecule has 23 heavy (non-hydrogen) atoms. The number of rotatable bonds is 3. The van der Waals surface area contributed by atoms with Crippen LogP contribution < -0.4 is 4.90 Å². The highest BCUT2D eigenvalue weighted by molar-refractivity contribution is 9.10. The number of nitriles is 1. The van der Waals surface area contributed by atoms with Crippen molar-refractivity contribution >= 4 is 27.7 Å². The molecule has 0 aromatic carbocycles. The molecule has 0 N–H and O–H groups in total. The molecule has 0 radical (unpaired) electrons. The molecule has 2 fully saturated rings. The van der Waals surface area contributed by atoms with Gasteiger partial charge in [-0.3, -0.25) is 9.69 Å². The van der Waals surface area contributed by atoms with Gasteiger partial charge in [-0.2, -0.15) is 5.26 Å². The first kappa shape index (κ1) is 16.2. The van der Waals surface area contributed by atoms with Gasteiger partial charge < -0.3 is 9.80 Å². The van der Waals surface area contributed by atoms with Crippen LogP contribution >= 0.6 is 15.9 Å². The summed E-state index contributed by atoms with van der Waals surface area (Å²) in [5.74, 6) is 0.983. The third kappa shape index (κ3) is 3.82. The minimum Gasteiger partial charge on any atom is -0.353 e. The quantitative estimate of drug-likeness (QED) is 0.797. The molecule has 6 nitrogen and oxygen atoms in total. The number of anilines is 1. The summed E-state index contributed by atoms with van der Waals surface area (Å²) in [4.78, 5) is 22.9. The third-order valence-corrected chi connectivity index (χ3v) is 4.88. The van der Waals surface area contributed by atoms with E-state index >= 15 is 0 Å². The molecule has 3 rings (SSSR count). The third-order valence-electron chi connectivity index (χ3n) is 4.44. The van der Waals surface area contributed by atoms with E-state index in [4.69, 9.17) is 0 Å². The van der Waals surface area contributed by atoms with Gasteiger partial charge >= 0.3 is 0 Å². The molecule has 2 aliphatic rings. The van der Waals surface area contributed by atoms with Crippen LogP contribution in [0.2, 0.25) is 0 Å². The van der Waals surface area contributed by atoms with Crippen molar-refractivity contribution in [2.24, 2.45) is 0 Å². The Labute approximate surface area is 144 Å². The zero-order valence-electron chi connectivity index (χ0n) is 13.0. The van der Waals surface area contributed by atoms with E-state index in [1.54, 1.807) is 12.3 Å². The molecule has 2 saturated heterocycles. The lowest BCUT2D eigenvalue weighted by molar-refractivity contribution is -0.131. The van der Waals surface area contributed by atoms with Crippen LogP contribution in [0.5, 0.6) is 0 Å². The number of aromatic nitrogens is 1. The van der Waals surface area contributed by atoms with Crippen LogP contribution in [0.1, 0.15) is 18.4 Å². The molecule has 0 spiro atoms. The van der Waals surface area contributed by atoms with Crippen molar-refractivity contribution in [3.8, 4) is 6.07 Å². The minimum absolute atomic E-state index is 0.246. The fraction of sp³-hybridized carbons (Fsp3) is 0.562. The summed E-state index contributed by atoms with van der Waals surface area (Å²) in [7, 11) is 0. The van der Waals surface area contributed by atoms with Crippen molar-refractivity contribution in [2.75, 3.05) is 50.7 Å². The van der Waals surface area contributed by atoms with E-state index in [0.717, 1.165) is 62.4 Å². The Morgan fingerprint density at radius 3 is 2.57 bits per heavy atom. The molecule has 0 bridgehead atoms.